The number of methoxy groups -OCH3 is 1. The SMILES string of the molecule is COC(=O)C1=C(C)N(N(C=O)CCCN2CCC(c3ccccn3)CC2)C(=O)NC1c1cc(F)c(F)c(F)c1.Cl.Cl. The summed E-state index contributed by atoms with van der Waals surface area (Å²) in [6, 6.07) is 5.21. The van der Waals surface area contributed by atoms with Gasteiger partial charge in [-0.25, -0.2) is 32.8 Å². The van der Waals surface area contributed by atoms with Gasteiger partial charge in [-0.2, -0.15) is 0 Å². The molecule has 1 atom stereocenters. The van der Waals surface area contributed by atoms with Gasteiger partial charge < -0.3 is 15.0 Å². The van der Waals surface area contributed by atoms with E-state index >= 15 is 0 Å². The molecule has 0 spiro atoms. The molecule has 2 aliphatic rings. The lowest BCUT2D eigenvalue weighted by atomic mass is 9.93. The summed E-state index contributed by atoms with van der Waals surface area (Å²) in [6.45, 7) is 4.05. The number of amides is 3. The molecule has 2 aromatic rings. The maximum atomic E-state index is 13.9. The molecule has 1 saturated heterocycles. The number of hydrazine groups is 1. The van der Waals surface area contributed by atoms with Crippen LogP contribution in [0.2, 0.25) is 0 Å². The lowest BCUT2D eigenvalue weighted by Crippen LogP contribution is -2.55. The van der Waals surface area contributed by atoms with Crippen molar-refractivity contribution in [2.75, 3.05) is 33.3 Å². The third-order valence-corrected chi connectivity index (χ3v) is 7.13. The van der Waals surface area contributed by atoms with Gasteiger partial charge in [0.25, 0.3) is 0 Å². The Bertz CT molecular complexity index is 1240. The van der Waals surface area contributed by atoms with Crippen molar-refractivity contribution in [3.05, 3.63) is 76.5 Å². The van der Waals surface area contributed by atoms with E-state index in [4.69, 9.17) is 4.74 Å². The van der Waals surface area contributed by atoms with Crippen LogP contribution in [0, 0.1) is 17.5 Å². The fraction of sp³-hybridized carbons (Fsp3) is 0.407. The van der Waals surface area contributed by atoms with Gasteiger partial charge >= 0.3 is 12.0 Å². The number of aromatic nitrogens is 1. The number of likely N-dealkylation sites (tertiary alicyclic amines) is 1. The molecule has 224 valence electrons. The summed E-state index contributed by atoms with van der Waals surface area (Å²) in [5.74, 6) is -5.08. The van der Waals surface area contributed by atoms with Gasteiger partial charge in [-0.3, -0.25) is 9.78 Å². The molecule has 2 aliphatic heterocycles. The Morgan fingerprint density at radius 2 is 1.83 bits per heavy atom. The highest BCUT2D eigenvalue weighted by Gasteiger charge is 2.39. The third-order valence-electron chi connectivity index (χ3n) is 7.13. The predicted octanol–water partition coefficient (Wildman–Crippen LogP) is 4.50. The van der Waals surface area contributed by atoms with Gasteiger partial charge in [-0.05, 0) is 75.6 Å². The second kappa shape index (κ2) is 15.0. The summed E-state index contributed by atoms with van der Waals surface area (Å²) in [4.78, 5) is 44.5. The molecule has 0 bridgehead atoms. The Morgan fingerprint density at radius 3 is 2.39 bits per heavy atom. The number of nitrogens with one attached hydrogen (secondary N) is 1. The van der Waals surface area contributed by atoms with Gasteiger partial charge in [-0.15, -0.1) is 24.8 Å². The van der Waals surface area contributed by atoms with E-state index in [2.05, 4.69) is 15.2 Å². The number of esters is 1. The first-order valence-electron chi connectivity index (χ1n) is 12.6. The fourth-order valence-electron chi connectivity index (χ4n) is 5.13. The molecule has 0 aliphatic carbocycles. The second-order valence-electron chi connectivity index (χ2n) is 9.48. The van der Waals surface area contributed by atoms with Gasteiger partial charge in [0.05, 0.1) is 24.4 Å². The van der Waals surface area contributed by atoms with E-state index in [0.717, 1.165) is 48.8 Å². The predicted molar refractivity (Wildman–Crippen MR) is 149 cm³/mol. The Kier molecular flexibility index (Phi) is 12.4. The summed E-state index contributed by atoms with van der Waals surface area (Å²) >= 11 is 0. The van der Waals surface area contributed by atoms with Crippen molar-refractivity contribution in [2.45, 2.75) is 38.1 Å². The van der Waals surface area contributed by atoms with Gasteiger partial charge in [0.15, 0.2) is 17.5 Å². The number of piperidine rings is 1. The second-order valence-corrected chi connectivity index (χ2v) is 9.48. The smallest absolute Gasteiger partial charge is 0.341 e. The minimum Gasteiger partial charge on any atom is -0.466 e. The average Bonchev–Trinajstić information content (AvgIpc) is 2.94. The Balaban J connectivity index is 0.00000294. The zero-order valence-corrected chi connectivity index (χ0v) is 24.2. The first kappa shape index (κ1) is 33.9. The maximum absolute atomic E-state index is 13.9. The number of urea groups is 1. The van der Waals surface area contributed by atoms with Gasteiger partial charge in [0.2, 0.25) is 6.41 Å². The molecule has 1 aromatic heterocycles. The molecule has 0 radical (unpaired) electrons. The molecule has 1 N–H and O–H groups in total. The number of pyridine rings is 1. The van der Waals surface area contributed by atoms with Crippen molar-refractivity contribution in [3.63, 3.8) is 0 Å². The molecule has 1 fully saturated rings. The molecule has 3 amide bonds. The zero-order valence-electron chi connectivity index (χ0n) is 22.5. The number of hydrogen-bond acceptors (Lipinski definition) is 6. The van der Waals surface area contributed by atoms with Crippen molar-refractivity contribution in [1.82, 2.24) is 25.2 Å². The van der Waals surface area contributed by atoms with Crippen LogP contribution in [0.25, 0.3) is 0 Å². The number of allylic oxidation sites excluding steroid dienone is 1. The van der Waals surface area contributed by atoms with Crippen LogP contribution in [-0.2, 0) is 14.3 Å². The highest BCUT2D eigenvalue weighted by atomic mass is 35.5. The van der Waals surface area contributed by atoms with Crippen LogP contribution in [0.15, 0.2) is 47.8 Å². The largest absolute Gasteiger partial charge is 0.466 e. The van der Waals surface area contributed by atoms with Crippen LogP contribution in [-0.4, -0.2) is 71.6 Å². The molecule has 1 unspecified atom stereocenters. The van der Waals surface area contributed by atoms with Crippen molar-refractivity contribution in [1.29, 1.82) is 0 Å². The average molecular weight is 618 g/mol. The topological polar surface area (TPSA) is 95.1 Å². The van der Waals surface area contributed by atoms with E-state index in [1.807, 2.05) is 18.2 Å². The van der Waals surface area contributed by atoms with Crippen LogP contribution < -0.4 is 5.32 Å². The standard InChI is InChI=1S/C27H30F3N5O4.2ClH/c1-17-23(26(37)39-2)25(19-14-20(28)24(30)21(29)15-19)32-27(38)35(17)34(16-36)11-5-10-33-12-7-18(8-13-33)22-6-3-4-9-31-22;;/h3-4,6,9,14-16,18,25H,5,7-8,10-13H2,1-2H3,(H,32,38);2*1H. The summed E-state index contributed by atoms with van der Waals surface area (Å²) < 4.78 is 46.2. The van der Waals surface area contributed by atoms with Gasteiger partial charge in [0.1, 0.15) is 0 Å². The molecule has 3 heterocycles. The summed E-state index contributed by atoms with van der Waals surface area (Å²) in [5.41, 5.74) is 0.800. The molecular weight excluding hydrogens is 586 g/mol. The monoisotopic (exact) mass is 617 g/mol. The quantitative estimate of drug-likeness (QED) is 0.253. The number of nitrogens with zero attached hydrogens (tertiary/aromatic N) is 4. The molecular formula is C27H32Cl2F3N5O4. The first-order valence-corrected chi connectivity index (χ1v) is 12.6. The van der Waals surface area contributed by atoms with Crippen LogP contribution in [0.4, 0.5) is 18.0 Å². The first-order chi connectivity index (χ1) is 18.7. The Morgan fingerprint density at radius 1 is 1.17 bits per heavy atom. The number of ether oxygens (including phenoxy) is 1. The fourth-order valence-corrected chi connectivity index (χ4v) is 5.13. The van der Waals surface area contributed by atoms with Crippen molar-refractivity contribution < 1.29 is 32.3 Å². The van der Waals surface area contributed by atoms with Crippen LogP contribution in [0.5, 0.6) is 0 Å². The Hall–Kier alpha value is -3.35. The van der Waals surface area contributed by atoms with E-state index in [1.54, 1.807) is 6.20 Å². The lowest BCUT2D eigenvalue weighted by Gasteiger charge is -2.39. The van der Waals surface area contributed by atoms with Crippen molar-refractivity contribution in [3.8, 4) is 0 Å². The molecule has 4 rings (SSSR count). The zero-order chi connectivity index (χ0) is 28.1. The number of rotatable bonds is 9. The van der Waals surface area contributed by atoms with Gasteiger partial charge in [-0.1, -0.05) is 6.07 Å². The Labute approximate surface area is 248 Å². The van der Waals surface area contributed by atoms with E-state index < -0.39 is 35.5 Å². The molecule has 1 aromatic carbocycles. The molecule has 14 heteroatoms. The number of benzene rings is 1. The highest BCUT2D eigenvalue weighted by molar-refractivity contribution is 5.95. The summed E-state index contributed by atoms with van der Waals surface area (Å²) in [7, 11) is 1.11. The van der Waals surface area contributed by atoms with Crippen LogP contribution in [0.3, 0.4) is 0 Å². The summed E-state index contributed by atoms with van der Waals surface area (Å²) in [6.07, 6.45) is 4.77. The number of carbonyl (C=O) groups is 3. The van der Waals surface area contributed by atoms with Gasteiger partial charge in [0, 0.05) is 24.4 Å². The van der Waals surface area contributed by atoms with Crippen LogP contribution >= 0.6 is 24.8 Å². The summed E-state index contributed by atoms with van der Waals surface area (Å²) in [5, 5.41) is 4.62. The minimum absolute atomic E-state index is 0. The van der Waals surface area contributed by atoms with Crippen molar-refractivity contribution >= 4 is 43.2 Å². The lowest BCUT2D eigenvalue weighted by molar-refractivity contribution is -0.138. The van der Waals surface area contributed by atoms with E-state index in [9.17, 15) is 27.6 Å². The van der Waals surface area contributed by atoms with E-state index in [-0.39, 0.29) is 48.2 Å². The normalized spacial score (nSPS) is 17.7. The maximum Gasteiger partial charge on any atom is 0.341 e. The molecule has 0 saturated carbocycles. The highest BCUT2D eigenvalue weighted by Crippen LogP contribution is 2.33. The van der Waals surface area contributed by atoms with Crippen LogP contribution in [0.1, 0.15) is 49.4 Å². The van der Waals surface area contributed by atoms with E-state index in [1.165, 1.54) is 6.92 Å². The number of halogens is 5. The molecule has 9 nitrogen and oxygen atoms in total. The third kappa shape index (κ3) is 7.49. The number of hydrogen-bond donors (Lipinski definition) is 1. The van der Waals surface area contributed by atoms with E-state index in [0.29, 0.717) is 37.4 Å². The number of carbonyl (C=O) groups excluding carboxylic acids is 3. The molecule has 41 heavy (non-hydrogen) atoms. The minimum atomic E-state index is -1.67. The van der Waals surface area contributed by atoms with Crippen molar-refractivity contribution in [2.24, 2.45) is 0 Å².